The van der Waals surface area contributed by atoms with Crippen LogP contribution < -0.4 is 10.1 Å². The molecule has 1 amide bonds. The largest absolute Gasteiger partial charge is 0.503 e. The van der Waals surface area contributed by atoms with Crippen LogP contribution in [0.2, 0.25) is 0 Å². The molecule has 35 heavy (non-hydrogen) atoms. The van der Waals surface area contributed by atoms with Gasteiger partial charge < -0.3 is 29.4 Å². The first-order chi connectivity index (χ1) is 16.9. The van der Waals surface area contributed by atoms with E-state index in [9.17, 15) is 14.7 Å². The molecule has 9 nitrogen and oxygen atoms in total. The molecule has 0 aliphatic carbocycles. The Morgan fingerprint density at radius 1 is 1.23 bits per heavy atom. The second-order valence-corrected chi connectivity index (χ2v) is 8.56. The average Bonchev–Trinajstić information content (AvgIpc) is 2.91. The lowest BCUT2D eigenvalue weighted by Gasteiger charge is -2.30. The van der Waals surface area contributed by atoms with E-state index in [1.54, 1.807) is 0 Å². The van der Waals surface area contributed by atoms with Crippen molar-refractivity contribution in [3.8, 4) is 11.5 Å². The van der Waals surface area contributed by atoms with Gasteiger partial charge in [-0.05, 0) is 18.9 Å². The average molecular weight is 487 g/mol. The van der Waals surface area contributed by atoms with Gasteiger partial charge >= 0.3 is 5.97 Å². The van der Waals surface area contributed by atoms with E-state index in [1.807, 2.05) is 37.3 Å². The van der Waals surface area contributed by atoms with E-state index in [0.717, 1.165) is 24.8 Å². The second kappa shape index (κ2) is 13.1. The lowest BCUT2D eigenvalue weighted by Crippen LogP contribution is -2.46. The van der Waals surface area contributed by atoms with Crippen LogP contribution in [-0.4, -0.2) is 60.5 Å². The Labute approximate surface area is 205 Å². The molecular formula is C26H34N2O7. The summed E-state index contributed by atoms with van der Waals surface area (Å²) in [5.74, 6) is -1.73. The molecule has 4 atom stereocenters. The van der Waals surface area contributed by atoms with E-state index in [4.69, 9.17) is 18.9 Å². The third-order valence-corrected chi connectivity index (χ3v) is 6.06. The molecule has 1 aliphatic heterocycles. The van der Waals surface area contributed by atoms with Gasteiger partial charge in [0.2, 0.25) is 0 Å². The number of nitrogens with one attached hydrogen (secondary N) is 1. The summed E-state index contributed by atoms with van der Waals surface area (Å²) >= 11 is 0. The molecule has 0 spiro atoms. The summed E-state index contributed by atoms with van der Waals surface area (Å²) in [5, 5.41) is 12.8. The summed E-state index contributed by atoms with van der Waals surface area (Å²) in [4.78, 5) is 29.6. The van der Waals surface area contributed by atoms with Crippen LogP contribution in [0.5, 0.6) is 11.5 Å². The van der Waals surface area contributed by atoms with Gasteiger partial charge in [0.05, 0.1) is 33.0 Å². The summed E-state index contributed by atoms with van der Waals surface area (Å²) in [7, 11) is 1.37. The molecule has 2 aromatic rings. The molecule has 1 fully saturated rings. The van der Waals surface area contributed by atoms with E-state index < -0.39 is 29.8 Å². The Morgan fingerprint density at radius 2 is 2.00 bits per heavy atom. The number of benzene rings is 1. The number of nitrogens with zero attached hydrogens (tertiary/aromatic N) is 1. The zero-order valence-corrected chi connectivity index (χ0v) is 20.4. The lowest BCUT2D eigenvalue weighted by molar-refractivity contribution is -0.155. The molecule has 1 aliphatic rings. The van der Waals surface area contributed by atoms with Gasteiger partial charge in [-0.1, -0.05) is 50.1 Å². The zero-order chi connectivity index (χ0) is 25.2. The Bertz CT molecular complexity index is 969. The van der Waals surface area contributed by atoms with Crippen molar-refractivity contribution >= 4 is 11.9 Å². The van der Waals surface area contributed by atoms with Gasteiger partial charge in [0.25, 0.3) is 5.91 Å². The summed E-state index contributed by atoms with van der Waals surface area (Å²) in [6.45, 7) is 4.51. The molecule has 2 heterocycles. The maximum atomic E-state index is 12.9. The fourth-order valence-electron chi connectivity index (χ4n) is 4.05. The van der Waals surface area contributed by atoms with Crippen LogP contribution in [-0.2, 0) is 25.6 Å². The summed E-state index contributed by atoms with van der Waals surface area (Å²) < 4.78 is 22.9. The van der Waals surface area contributed by atoms with E-state index in [-0.39, 0.29) is 36.7 Å². The normalized spacial score (nSPS) is 22.9. The second-order valence-electron chi connectivity index (χ2n) is 8.56. The van der Waals surface area contributed by atoms with Gasteiger partial charge in [-0.15, -0.1) is 0 Å². The number of cyclic esters (lactones) is 1. The van der Waals surface area contributed by atoms with E-state index >= 15 is 0 Å². The van der Waals surface area contributed by atoms with Crippen molar-refractivity contribution in [3.05, 3.63) is 53.9 Å². The number of pyridine rings is 1. The monoisotopic (exact) mass is 486 g/mol. The number of carbonyl (C=O) groups excluding carboxylic acids is 2. The predicted molar refractivity (Wildman–Crippen MR) is 128 cm³/mol. The van der Waals surface area contributed by atoms with Crippen molar-refractivity contribution in [1.29, 1.82) is 0 Å². The quantitative estimate of drug-likeness (QED) is 0.519. The lowest BCUT2D eigenvalue weighted by atomic mass is 9.91. The van der Waals surface area contributed by atoms with Crippen molar-refractivity contribution in [2.75, 3.05) is 20.3 Å². The Balaban J connectivity index is 1.73. The Kier molecular flexibility index (Phi) is 9.86. The molecule has 1 aromatic carbocycles. The number of amides is 1. The van der Waals surface area contributed by atoms with Crippen LogP contribution in [0.3, 0.4) is 0 Å². The first-order valence-electron chi connectivity index (χ1n) is 11.9. The van der Waals surface area contributed by atoms with Crippen LogP contribution in [0.4, 0.5) is 0 Å². The molecule has 1 aromatic heterocycles. The smallest absolute Gasteiger partial charge is 0.331 e. The van der Waals surface area contributed by atoms with Gasteiger partial charge in [-0.2, -0.15) is 0 Å². The van der Waals surface area contributed by atoms with Crippen molar-refractivity contribution in [2.45, 2.75) is 58.0 Å². The van der Waals surface area contributed by atoms with Gasteiger partial charge in [-0.3, -0.25) is 4.79 Å². The number of hydrogen-bond acceptors (Lipinski definition) is 8. The predicted octanol–water partition coefficient (Wildman–Crippen LogP) is 3.25. The van der Waals surface area contributed by atoms with Crippen molar-refractivity contribution in [3.63, 3.8) is 0 Å². The van der Waals surface area contributed by atoms with Crippen molar-refractivity contribution < 1.29 is 33.6 Å². The number of unbranched alkanes of at least 4 members (excludes halogenated alkanes) is 1. The van der Waals surface area contributed by atoms with Gasteiger partial charge in [-0.25, -0.2) is 9.78 Å². The number of hydrogen-bond donors (Lipinski definition) is 2. The van der Waals surface area contributed by atoms with Crippen LogP contribution in [0.15, 0.2) is 42.6 Å². The third kappa shape index (κ3) is 7.16. The van der Waals surface area contributed by atoms with Crippen LogP contribution >= 0.6 is 0 Å². The highest BCUT2D eigenvalue weighted by Crippen LogP contribution is 2.28. The molecule has 9 heteroatoms. The summed E-state index contributed by atoms with van der Waals surface area (Å²) in [6, 6.07) is 10.2. The highest BCUT2D eigenvalue weighted by atomic mass is 16.6. The standard InChI is InChI=1S/C26H34N2O7/c1-4-5-11-19-17(2)35-26(31)20(28-25(30)23-24(29)21(32-3)12-13-27-23)15-33-16-22(19)34-14-18-9-7-6-8-10-18/h6-10,12-13,17,19-20,22,29H,4-5,11,14-16H2,1-3H3,(H,28,30)/t17-,19-,20-,22-/m0/s1. The van der Waals surface area contributed by atoms with Gasteiger partial charge in [0, 0.05) is 18.2 Å². The molecule has 0 saturated carbocycles. The number of aromatic hydroxyl groups is 1. The number of methoxy groups -OCH3 is 1. The number of rotatable bonds is 9. The summed E-state index contributed by atoms with van der Waals surface area (Å²) in [5.41, 5.74) is 0.789. The van der Waals surface area contributed by atoms with Crippen molar-refractivity contribution in [2.24, 2.45) is 5.92 Å². The molecule has 190 valence electrons. The number of esters is 1. The minimum atomic E-state index is -1.07. The van der Waals surface area contributed by atoms with E-state index in [2.05, 4.69) is 17.2 Å². The molecular weight excluding hydrogens is 452 g/mol. The highest BCUT2D eigenvalue weighted by Gasteiger charge is 2.35. The molecule has 0 bridgehead atoms. The Morgan fingerprint density at radius 3 is 2.71 bits per heavy atom. The maximum Gasteiger partial charge on any atom is 0.331 e. The molecule has 2 N–H and O–H groups in total. The van der Waals surface area contributed by atoms with Crippen LogP contribution in [0.1, 0.15) is 49.2 Å². The van der Waals surface area contributed by atoms with Crippen LogP contribution in [0.25, 0.3) is 0 Å². The van der Waals surface area contributed by atoms with Crippen LogP contribution in [0, 0.1) is 5.92 Å². The minimum absolute atomic E-state index is 0.0684. The third-order valence-electron chi connectivity index (χ3n) is 6.06. The number of ether oxygens (including phenoxy) is 4. The molecule has 3 rings (SSSR count). The first-order valence-corrected chi connectivity index (χ1v) is 11.9. The van der Waals surface area contributed by atoms with E-state index in [1.165, 1.54) is 19.4 Å². The van der Waals surface area contributed by atoms with Gasteiger partial charge in [0.1, 0.15) is 6.10 Å². The Hall–Kier alpha value is -3.17. The molecule has 1 saturated heterocycles. The van der Waals surface area contributed by atoms with Crippen molar-refractivity contribution in [1.82, 2.24) is 10.3 Å². The SMILES string of the molecule is CCCC[C@H]1[C@H](C)OC(=O)[C@@H](NC(=O)c2nccc(OC)c2O)COC[C@@H]1OCc1ccccc1. The minimum Gasteiger partial charge on any atom is -0.503 e. The fraction of sp³-hybridized carbons (Fsp3) is 0.500. The number of aromatic nitrogens is 1. The maximum absolute atomic E-state index is 12.9. The highest BCUT2D eigenvalue weighted by molar-refractivity contribution is 5.98. The molecule has 0 unspecified atom stereocenters. The topological polar surface area (TPSA) is 116 Å². The van der Waals surface area contributed by atoms with Gasteiger partial charge in [0.15, 0.2) is 23.2 Å². The summed E-state index contributed by atoms with van der Waals surface area (Å²) in [6.07, 6.45) is 3.37. The first kappa shape index (κ1) is 26.4. The molecule has 0 radical (unpaired) electrons. The fourth-order valence-corrected chi connectivity index (χ4v) is 4.05. The number of carbonyl (C=O) groups is 2. The zero-order valence-electron chi connectivity index (χ0n) is 20.4. The van der Waals surface area contributed by atoms with E-state index in [0.29, 0.717) is 6.61 Å².